The Kier molecular flexibility index (Phi) is 7.28. The molecule has 2 aromatic carbocycles. The van der Waals surface area contributed by atoms with Crippen LogP contribution in [0.4, 0.5) is 4.39 Å². The van der Waals surface area contributed by atoms with Crippen LogP contribution in [-0.4, -0.2) is 47.8 Å². The van der Waals surface area contributed by atoms with E-state index in [2.05, 4.69) is 10.2 Å². The minimum atomic E-state index is -0.289. The van der Waals surface area contributed by atoms with Gasteiger partial charge in [0, 0.05) is 30.4 Å². The van der Waals surface area contributed by atoms with Crippen LogP contribution in [-0.2, 0) is 6.42 Å². The summed E-state index contributed by atoms with van der Waals surface area (Å²) < 4.78 is 24.5. The van der Waals surface area contributed by atoms with E-state index in [1.165, 1.54) is 12.1 Å². The van der Waals surface area contributed by atoms with E-state index in [-0.39, 0.29) is 17.8 Å². The van der Waals surface area contributed by atoms with Crippen LogP contribution in [0.2, 0.25) is 0 Å². The lowest BCUT2D eigenvalue weighted by Crippen LogP contribution is -2.28. The largest absolute Gasteiger partial charge is 0.493 e. The fourth-order valence-corrected chi connectivity index (χ4v) is 3.27. The van der Waals surface area contributed by atoms with Crippen molar-refractivity contribution in [3.8, 4) is 22.8 Å². The number of carbonyl (C=O) groups is 1. The first-order valence-corrected chi connectivity index (χ1v) is 10.3. The van der Waals surface area contributed by atoms with Gasteiger partial charge in [-0.05, 0) is 63.1 Å². The van der Waals surface area contributed by atoms with Crippen molar-refractivity contribution in [3.63, 3.8) is 0 Å². The summed E-state index contributed by atoms with van der Waals surface area (Å²) in [7, 11) is 3.33. The minimum absolute atomic E-state index is 0.0158. The molecule has 3 rings (SSSR count). The molecule has 1 N–H and O–H groups in total. The molecule has 0 bridgehead atoms. The third-order valence-electron chi connectivity index (χ3n) is 4.81. The van der Waals surface area contributed by atoms with Crippen LogP contribution in [0.15, 0.2) is 48.5 Å². The smallest absolute Gasteiger partial charge is 0.253 e. The number of H-pyrrole nitrogens is 1. The van der Waals surface area contributed by atoms with Gasteiger partial charge < -0.3 is 14.4 Å². The zero-order chi connectivity index (χ0) is 22.4. The second kappa shape index (κ2) is 10.1. The van der Waals surface area contributed by atoms with Gasteiger partial charge in [0.2, 0.25) is 0 Å². The van der Waals surface area contributed by atoms with Gasteiger partial charge in [-0.25, -0.2) is 4.39 Å². The molecule has 7 heteroatoms. The van der Waals surface area contributed by atoms with Crippen molar-refractivity contribution in [3.05, 3.63) is 65.6 Å². The van der Waals surface area contributed by atoms with Crippen LogP contribution in [0, 0.1) is 5.82 Å². The number of hydrogen-bond donors (Lipinski definition) is 1. The maximum absolute atomic E-state index is 13.4. The molecular weight excluding hydrogens is 397 g/mol. The van der Waals surface area contributed by atoms with E-state index in [0.29, 0.717) is 29.3 Å². The van der Waals surface area contributed by atoms with E-state index in [1.54, 1.807) is 43.3 Å². The number of aromatic nitrogens is 2. The quantitative estimate of drug-likeness (QED) is 0.539. The van der Waals surface area contributed by atoms with Gasteiger partial charge in [-0.15, -0.1) is 0 Å². The van der Waals surface area contributed by atoms with Gasteiger partial charge in [0.05, 0.1) is 18.9 Å². The molecule has 0 saturated carbocycles. The lowest BCUT2D eigenvalue weighted by atomic mass is 10.1. The minimum Gasteiger partial charge on any atom is -0.493 e. The normalized spacial score (nSPS) is 10.9. The molecule has 164 valence electrons. The third-order valence-corrected chi connectivity index (χ3v) is 4.81. The standard InChI is InChI=1S/C24H28FN3O3/c1-16(2)31-22-11-10-18(14-23(22)30-4)24(29)28(3)12-6-9-20-15-21(27-26-20)17-7-5-8-19(25)13-17/h5,7-8,10-11,13-16H,6,9,12H2,1-4H3,(H,26,27). The van der Waals surface area contributed by atoms with E-state index in [9.17, 15) is 9.18 Å². The first-order valence-electron chi connectivity index (χ1n) is 10.3. The lowest BCUT2D eigenvalue weighted by Gasteiger charge is -2.19. The number of ether oxygens (including phenoxy) is 2. The number of methoxy groups -OCH3 is 1. The Morgan fingerprint density at radius 2 is 1.97 bits per heavy atom. The fourth-order valence-electron chi connectivity index (χ4n) is 3.27. The molecule has 0 unspecified atom stereocenters. The summed E-state index contributed by atoms with van der Waals surface area (Å²) in [5.74, 6) is 0.780. The van der Waals surface area contributed by atoms with Gasteiger partial charge in [-0.1, -0.05) is 12.1 Å². The molecule has 0 spiro atoms. The van der Waals surface area contributed by atoms with Crippen LogP contribution in [0.1, 0.15) is 36.3 Å². The number of rotatable bonds is 9. The number of nitrogens with zero attached hydrogens (tertiary/aromatic N) is 2. The highest BCUT2D eigenvalue weighted by Gasteiger charge is 2.16. The molecule has 0 fully saturated rings. The maximum atomic E-state index is 13.4. The molecule has 0 aliphatic heterocycles. The third kappa shape index (κ3) is 5.84. The summed E-state index contributed by atoms with van der Waals surface area (Å²) in [5.41, 5.74) is 2.92. The van der Waals surface area contributed by atoms with Crippen molar-refractivity contribution >= 4 is 5.91 Å². The predicted octanol–water partition coefficient (Wildman–Crippen LogP) is 4.72. The van der Waals surface area contributed by atoms with Crippen molar-refractivity contribution in [1.29, 1.82) is 0 Å². The van der Waals surface area contributed by atoms with E-state index in [1.807, 2.05) is 26.0 Å². The number of amides is 1. The first kappa shape index (κ1) is 22.3. The Hall–Kier alpha value is -3.35. The van der Waals surface area contributed by atoms with E-state index in [4.69, 9.17) is 9.47 Å². The lowest BCUT2D eigenvalue weighted by molar-refractivity contribution is 0.0793. The fraction of sp³-hybridized carbons (Fsp3) is 0.333. The Labute approximate surface area is 182 Å². The summed E-state index contributed by atoms with van der Waals surface area (Å²) in [6, 6.07) is 13.5. The second-order valence-electron chi connectivity index (χ2n) is 7.65. The van der Waals surface area contributed by atoms with Crippen molar-refractivity contribution in [2.45, 2.75) is 32.8 Å². The molecule has 1 heterocycles. The summed E-state index contributed by atoms with van der Waals surface area (Å²) >= 11 is 0. The molecule has 6 nitrogen and oxygen atoms in total. The van der Waals surface area contributed by atoms with Gasteiger partial charge in [0.25, 0.3) is 5.91 Å². The average molecular weight is 426 g/mol. The van der Waals surface area contributed by atoms with Crippen LogP contribution in [0.5, 0.6) is 11.5 Å². The van der Waals surface area contributed by atoms with Crippen molar-refractivity contribution in [2.24, 2.45) is 0 Å². The van der Waals surface area contributed by atoms with Gasteiger partial charge in [0.1, 0.15) is 5.82 Å². The molecular formula is C24H28FN3O3. The number of hydrogen-bond acceptors (Lipinski definition) is 4. The molecule has 0 saturated heterocycles. The summed E-state index contributed by atoms with van der Waals surface area (Å²) in [4.78, 5) is 14.5. The van der Waals surface area contributed by atoms with Crippen molar-refractivity contribution in [2.75, 3.05) is 20.7 Å². The zero-order valence-electron chi connectivity index (χ0n) is 18.3. The van der Waals surface area contributed by atoms with Gasteiger partial charge >= 0.3 is 0 Å². The molecule has 0 aliphatic carbocycles. The number of nitrogens with one attached hydrogen (secondary N) is 1. The SMILES string of the molecule is COc1cc(C(=O)N(C)CCCc2cc(-c3cccc(F)c3)n[nH]2)ccc1OC(C)C. The number of aryl methyl sites for hydroxylation is 1. The topological polar surface area (TPSA) is 67.5 Å². The average Bonchev–Trinajstić information content (AvgIpc) is 3.22. The molecule has 3 aromatic rings. The first-order chi connectivity index (χ1) is 14.9. The van der Waals surface area contributed by atoms with Gasteiger partial charge in [-0.3, -0.25) is 9.89 Å². The van der Waals surface area contributed by atoms with E-state index in [0.717, 1.165) is 24.1 Å². The highest BCUT2D eigenvalue weighted by molar-refractivity contribution is 5.94. The van der Waals surface area contributed by atoms with Gasteiger partial charge in [-0.2, -0.15) is 5.10 Å². The highest BCUT2D eigenvalue weighted by Crippen LogP contribution is 2.29. The van der Waals surface area contributed by atoms with Crippen LogP contribution >= 0.6 is 0 Å². The molecule has 1 amide bonds. The monoisotopic (exact) mass is 425 g/mol. The van der Waals surface area contributed by atoms with Crippen LogP contribution < -0.4 is 9.47 Å². The zero-order valence-corrected chi connectivity index (χ0v) is 18.3. The Morgan fingerprint density at radius 3 is 2.68 bits per heavy atom. The molecule has 1 aromatic heterocycles. The summed E-state index contributed by atoms with van der Waals surface area (Å²) in [5, 5.41) is 7.25. The van der Waals surface area contributed by atoms with Crippen LogP contribution in [0.3, 0.4) is 0 Å². The predicted molar refractivity (Wildman–Crippen MR) is 118 cm³/mol. The molecule has 0 radical (unpaired) electrons. The number of carbonyl (C=O) groups excluding carboxylic acids is 1. The van der Waals surface area contributed by atoms with Gasteiger partial charge in [0.15, 0.2) is 11.5 Å². The number of aromatic amines is 1. The summed E-state index contributed by atoms with van der Waals surface area (Å²) in [6.07, 6.45) is 1.50. The second-order valence-corrected chi connectivity index (χ2v) is 7.65. The van der Waals surface area contributed by atoms with Crippen LogP contribution in [0.25, 0.3) is 11.3 Å². The summed E-state index contributed by atoms with van der Waals surface area (Å²) in [6.45, 7) is 4.46. The Bertz CT molecular complexity index is 1030. The Morgan fingerprint density at radius 1 is 1.16 bits per heavy atom. The van der Waals surface area contributed by atoms with E-state index < -0.39 is 0 Å². The van der Waals surface area contributed by atoms with E-state index >= 15 is 0 Å². The molecule has 0 atom stereocenters. The molecule has 0 aliphatic rings. The number of halogens is 1. The van der Waals surface area contributed by atoms with Crippen molar-refractivity contribution < 1.29 is 18.7 Å². The maximum Gasteiger partial charge on any atom is 0.253 e. The highest BCUT2D eigenvalue weighted by atomic mass is 19.1. The number of benzene rings is 2. The Balaban J connectivity index is 1.56. The van der Waals surface area contributed by atoms with Crippen molar-refractivity contribution in [1.82, 2.24) is 15.1 Å². The molecule has 31 heavy (non-hydrogen) atoms.